The highest BCUT2D eigenvalue weighted by Gasteiger charge is 2.11. The maximum atomic E-state index is 12.3. The summed E-state index contributed by atoms with van der Waals surface area (Å²) in [5.41, 5.74) is 2.02. The van der Waals surface area contributed by atoms with Crippen LogP contribution < -0.4 is 0 Å². The number of hydrogen-bond acceptors (Lipinski definition) is 4. The Morgan fingerprint density at radius 2 is 1.85 bits per heavy atom. The van der Waals surface area contributed by atoms with Crippen molar-refractivity contribution in [2.75, 3.05) is 7.05 Å². The molecule has 6 nitrogen and oxygen atoms in total. The van der Waals surface area contributed by atoms with Crippen LogP contribution in [0.4, 0.5) is 0 Å². The van der Waals surface area contributed by atoms with Gasteiger partial charge in [-0.1, -0.05) is 64.5 Å². The summed E-state index contributed by atoms with van der Waals surface area (Å²) in [6, 6.07) is 17.6. The average molecular weight is 414 g/mol. The Bertz CT molecular complexity index is 865. The second-order valence-corrected chi connectivity index (χ2v) is 6.87. The summed E-state index contributed by atoms with van der Waals surface area (Å²) in [5.74, 6) is 0.701. The lowest BCUT2D eigenvalue weighted by Crippen LogP contribution is -2.26. The summed E-state index contributed by atoms with van der Waals surface area (Å²) >= 11 is 3.51. The molecule has 1 aromatic heterocycles. The topological polar surface area (TPSA) is 63.9 Å². The Morgan fingerprint density at radius 3 is 2.62 bits per heavy atom. The van der Waals surface area contributed by atoms with Crippen LogP contribution in [0.25, 0.3) is 11.4 Å². The van der Waals surface area contributed by atoms with Crippen LogP contribution >= 0.6 is 15.9 Å². The van der Waals surface area contributed by atoms with E-state index in [-0.39, 0.29) is 5.91 Å². The lowest BCUT2D eigenvalue weighted by molar-refractivity contribution is -0.130. The molecule has 1 heterocycles. The molecule has 3 rings (SSSR count). The molecule has 7 heteroatoms. The summed E-state index contributed by atoms with van der Waals surface area (Å²) in [5, 5.41) is 12.5. The van der Waals surface area contributed by atoms with E-state index in [0.29, 0.717) is 31.8 Å². The molecular formula is C19H20BrN5O. The lowest BCUT2D eigenvalue weighted by Gasteiger charge is -2.18. The molecule has 26 heavy (non-hydrogen) atoms. The van der Waals surface area contributed by atoms with Gasteiger partial charge in [0, 0.05) is 30.0 Å². The van der Waals surface area contributed by atoms with E-state index < -0.39 is 0 Å². The maximum Gasteiger partial charge on any atom is 0.222 e. The first-order valence-electron chi connectivity index (χ1n) is 8.44. The van der Waals surface area contributed by atoms with Gasteiger partial charge in [-0.05, 0) is 23.3 Å². The van der Waals surface area contributed by atoms with Crippen LogP contribution in [0.3, 0.4) is 0 Å². The standard InChI is InChI=1S/C19H20BrN5O/c1-24(14-16-10-5-6-11-17(16)20)18(26)12-7-13-25-22-19(21-23-25)15-8-3-2-4-9-15/h2-6,8-11H,7,12-14H2,1H3. The Hall–Kier alpha value is -2.54. The van der Waals surface area contributed by atoms with Crippen molar-refractivity contribution >= 4 is 21.8 Å². The van der Waals surface area contributed by atoms with Crippen molar-refractivity contribution in [3.8, 4) is 11.4 Å². The molecule has 0 aliphatic carbocycles. The fraction of sp³-hybridized carbons (Fsp3) is 0.263. The minimum Gasteiger partial charge on any atom is -0.341 e. The van der Waals surface area contributed by atoms with Gasteiger partial charge < -0.3 is 4.90 Å². The molecule has 3 aromatic rings. The van der Waals surface area contributed by atoms with Crippen LogP contribution in [0.1, 0.15) is 18.4 Å². The van der Waals surface area contributed by atoms with Gasteiger partial charge in [0.2, 0.25) is 11.7 Å². The van der Waals surface area contributed by atoms with Crippen molar-refractivity contribution < 1.29 is 4.79 Å². The third kappa shape index (κ3) is 4.76. The largest absolute Gasteiger partial charge is 0.341 e. The van der Waals surface area contributed by atoms with Crippen LogP contribution in [0.2, 0.25) is 0 Å². The lowest BCUT2D eigenvalue weighted by atomic mass is 10.2. The van der Waals surface area contributed by atoms with E-state index in [4.69, 9.17) is 0 Å². The summed E-state index contributed by atoms with van der Waals surface area (Å²) in [4.78, 5) is 15.6. The fourth-order valence-corrected chi connectivity index (χ4v) is 2.98. The molecule has 2 aromatic carbocycles. The van der Waals surface area contributed by atoms with E-state index in [1.54, 1.807) is 9.70 Å². The first kappa shape index (κ1) is 18.3. The highest BCUT2D eigenvalue weighted by molar-refractivity contribution is 9.10. The Morgan fingerprint density at radius 1 is 1.12 bits per heavy atom. The van der Waals surface area contributed by atoms with E-state index in [1.807, 2.05) is 61.6 Å². The Labute approximate surface area is 161 Å². The van der Waals surface area contributed by atoms with E-state index in [0.717, 1.165) is 15.6 Å². The van der Waals surface area contributed by atoms with Crippen molar-refractivity contribution in [3.05, 3.63) is 64.6 Å². The molecule has 0 radical (unpaired) electrons. The summed E-state index contributed by atoms with van der Waals surface area (Å²) < 4.78 is 1.01. The highest BCUT2D eigenvalue weighted by Crippen LogP contribution is 2.17. The average Bonchev–Trinajstić information content (AvgIpc) is 3.13. The highest BCUT2D eigenvalue weighted by atomic mass is 79.9. The number of aryl methyl sites for hydroxylation is 1. The zero-order chi connectivity index (χ0) is 18.4. The van der Waals surface area contributed by atoms with Gasteiger partial charge >= 0.3 is 0 Å². The van der Waals surface area contributed by atoms with Crippen molar-refractivity contribution in [1.29, 1.82) is 0 Å². The van der Waals surface area contributed by atoms with Crippen LogP contribution in [-0.2, 0) is 17.9 Å². The van der Waals surface area contributed by atoms with Gasteiger partial charge in [-0.25, -0.2) is 0 Å². The van der Waals surface area contributed by atoms with Gasteiger partial charge in [0.05, 0.1) is 6.54 Å². The van der Waals surface area contributed by atoms with Gasteiger partial charge in [0.15, 0.2) is 0 Å². The molecule has 0 bridgehead atoms. The zero-order valence-corrected chi connectivity index (χ0v) is 16.1. The SMILES string of the molecule is CN(Cc1ccccc1Br)C(=O)CCCn1nnc(-c2ccccc2)n1. The zero-order valence-electron chi connectivity index (χ0n) is 14.5. The van der Waals surface area contributed by atoms with Crippen LogP contribution in [-0.4, -0.2) is 38.1 Å². The summed E-state index contributed by atoms with van der Waals surface area (Å²) in [7, 11) is 1.82. The van der Waals surface area contributed by atoms with Gasteiger partial charge in [0.1, 0.15) is 0 Å². The molecule has 0 saturated heterocycles. The molecule has 134 valence electrons. The molecule has 0 saturated carbocycles. The van der Waals surface area contributed by atoms with E-state index in [2.05, 4.69) is 31.3 Å². The van der Waals surface area contributed by atoms with Crippen LogP contribution in [0.15, 0.2) is 59.1 Å². The summed E-state index contributed by atoms with van der Waals surface area (Å²) in [6.07, 6.45) is 1.12. The number of halogens is 1. The summed E-state index contributed by atoms with van der Waals surface area (Å²) in [6.45, 7) is 1.15. The molecule has 0 aliphatic heterocycles. The molecule has 0 atom stereocenters. The second-order valence-electron chi connectivity index (χ2n) is 6.02. The monoisotopic (exact) mass is 413 g/mol. The first-order valence-corrected chi connectivity index (χ1v) is 9.23. The first-order chi connectivity index (χ1) is 12.6. The number of amides is 1. The Balaban J connectivity index is 1.48. The molecule has 0 aliphatic rings. The number of aromatic nitrogens is 4. The molecule has 0 fully saturated rings. The van der Waals surface area contributed by atoms with Crippen molar-refractivity contribution in [2.24, 2.45) is 0 Å². The molecule has 0 spiro atoms. The minimum atomic E-state index is 0.101. The molecule has 1 amide bonds. The second kappa shape index (κ2) is 8.71. The third-order valence-corrected chi connectivity index (χ3v) is 4.80. The van der Waals surface area contributed by atoms with E-state index in [1.165, 1.54) is 0 Å². The normalized spacial score (nSPS) is 10.7. The third-order valence-electron chi connectivity index (χ3n) is 4.02. The predicted molar refractivity (Wildman–Crippen MR) is 103 cm³/mol. The number of carbonyl (C=O) groups is 1. The number of tetrazole rings is 1. The number of benzene rings is 2. The van der Waals surface area contributed by atoms with Gasteiger partial charge in [-0.15, -0.1) is 10.2 Å². The van der Waals surface area contributed by atoms with Crippen molar-refractivity contribution in [1.82, 2.24) is 25.1 Å². The quantitative estimate of drug-likeness (QED) is 0.593. The predicted octanol–water partition coefficient (Wildman–Crippen LogP) is 3.54. The molecular weight excluding hydrogens is 394 g/mol. The molecule has 0 unspecified atom stereocenters. The van der Waals surface area contributed by atoms with Crippen LogP contribution in [0, 0.1) is 0 Å². The van der Waals surface area contributed by atoms with E-state index >= 15 is 0 Å². The van der Waals surface area contributed by atoms with Crippen LogP contribution in [0.5, 0.6) is 0 Å². The maximum absolute atomic E-state index is 12.3. The number of hydrogen-bond donors (Lipinski definition) is 0. The van der Waals surface area contributed by atoms with Crippen molar-refractivity contribution in [3.63, 3.8) is 0 Å². The number of rotatable bonds is 7. The van der Waals surface area contributed by atoms with Crippen molar-refractivity contribution in [2.45, 2.75) is 25.9 Å². The smallest absolute Gasteiger partial charge is 0.222 e. The fourth-order valence-electron chi connectivity index (χ4n) is 2.57. The van der Waals surface area contributed by atoms with Gasteiger partial charge in [0.25, 0.3) is 0 Å². The molecule has 0 N–H and O–H groups in total. The van der Waals surface area contributed by atoms with E-state index in [9.17, 15) is 4.79 Å². The van der Waals surface area contributed by atoms with Gasteiger partial charge in [-0.2, -0.15) is 4.80 Å². The number of carbonyl (C=O) groups excluding carboxylic acids is 1. The Kier molecular flexibility index (Phi) is 6.12. The minimum absolute atomic E-state index is 0.101. The number of nitrogens with zero attached hydrogens (tertiary/aromatic N) is 5. The van der Waals surface area contributed by atoms with Gasteiger partial charge in [-0.3, -0.25) is 4.79 Å².